The lowest BCUT2D eigenvalue weighted by atomic mass is 9.60. The van der Waals surface area contributed by atoms with Crippen LogP contribution in [0.15, 0.2) is 0 Å². The Hall–Kier alpha value is -0.0800. The number of likely N-dealkylation sites (tertiary alicyclic amines) is 2. The SMILES string of the molecule is C1CCC(C2CCC(C3CCC4C(C3)C3CC(C5CCC6C(C5)C5CCCCC5N6C5CCCCC5)CCC3N4C3CCCCC3)CC2)CC1. The quantitative estimate of drug-likeness (QED) is 0.284. The molecule has 10 fully saturated rings. The molecule has 0 aromatic heterocycles. The summed E-state index contributed by atoms with van der Waals surface area (Å²) in [6.07, 6.45) is 50.1. The molecule has 0 N–H and O–H groups in total. The largest absolute Gasteiger partial charge is 0.294 e. The molecule has 282 valence electrons. The van der Waals surface area contributed by atoms with Gasteiger partial charge in [-0.25, -0.2) is 0 Å². The summed E-state index contributed by atoms with van der Waals surface area (Å²) in [5, 5.41) is 0. The maximum Gasteiger partial charge on any atom is 0.0133 e. The van der Waals surface area contributed by atoms with E-state index in [1.54, 1.807) is 128 Å². The maximum atomic E-state index is 3.34. The summed E-state index contributed by atoms with van der Waals surface area (Å²) >= 11 is 0. The number of hydrogen-bond acceptors (Lipinski definition) is 2. The lowest BCUT2D eigenvalue weighted by Crippen LogP contribution is -2.49. The average Bonchev–Trinajstić information content (AvgIpc) is 3.71. The number of rotatable bonds is 5. The van der Waals surface area contributed by atoms with E-state index in [0.717, 1.165) is 95.4 Å². The molecule has 11 unspecified atom stereocenters. The molecule has 2 nitrogen and oxygen atoms in total. The molecule has 2 heterocycles. The Bertz CT molecular complexity index is 1090. The Morgan fingerprint density at radius 3 is 1.04 bits per heavy atom. The summed E-state index contributed by atoms with van der Waals surface area (Å²) in [4.78, 5) is 6.61. The third-order valence-electron chi connectivity index (χ3n) is 19.6. The van der Waals surface area contributed by atoms with Crippen molar-refractivity contribution in [2.24, 2.45) is 59.2 Å². The first-order valence-corrected chi connectivity index (χ1v) is 24.3. The first kappa shape index (κ1) is 34.4. The normalized spacial score (nSPS) is 48.8. The van der Waals surface area contributed by atoms with Crippen molar-refractivity contribution in [1.82, 2.24) is 9.80 Å². The van der Waals surface area contributed by atoms with Crippen LogP contribution >= 0.6 is 0 Å². The molecule has 2 saturated heterocycles. The van der Waals surface area contributed by atoms with Gasteiger partial charge in [0, 0.05) is 36.3 Å². The van der Waals surface area contributed by atoms with Gasteiger partial charge in [0.1, 0.15) is 0 Å². The van der Waals surface area contributed by atoms with E-state index < -0.39 is 0 Å². The Kier molecular flexibility index (Phi) is 10.5. The Labute approximate surface area is 309 Å². The maximum absolute atomic E-state index is 3.34. The fraction of sp³-hybridized carbons (Fsp3) is 1.00. The molecule has 50 heavy (non-hydrogen) atoms. The number of hydrogen-bond donors (Lipinski definition) is 0. The number of fused-ring (bicyclic) bond motifs is 6. The van der Waals surface area contributed by atoms with Crippen LogP contribution in [-0.4, -0.2) is 46.1 Å². The fourth-order valence-corrected chi connectivity index (χ4v) is 17.5. The third kappa shape index (κ3) is 6.45. The van der Waals surface area contributed by atoms with Crippen LogP contribution in [-0.2, 0) is 0 Å². The second-order valence-corrected chi connectivity index (χ2v) is 21.5. The van der Waals surface area contributed by atoms with Crippen molar-refractivity contribution in [1.29, 1.82) is 0 Å². The molecular weight excluding hydrogens is 605 g/mol. The van der Waals surface area contributed by atoms with Gasteiger partial charge in [-0.2, -0.15) is 0 Å². The van der Waals surface area contributed by atoms with E-state index in [0.29, 0.717) is 0 Å². The van der Waals surface area contributed by atoms with E-state index in [1.807, 2.05) is 0 Å². The van der Waals surface area contributed by atoms with Crippen LogP contribution in [0.5, 0.6) is 0 Å². The van der Waals surface area contributed by atoms with E-state index in [-0.39, 0.29) is 0 Å². The van der Waals surface area contributed by atoms with Crippen molar-refractivity contribution in [3.63, 3.8) is 0 Å². The molecule has 2 aliphatic heterocycles. The fourth-order valence-electron chi connectivity index (χ4n) is 17.5. The molecule has 0 spiro atoms. The second kappa shape index (κ2) is 15.2. The predicted molar refractivity (Wildman–Crippen MR) is 209 cm³/mol. The van der Waals surface area contributed by atoms with Crippen molar-refractivity contribution in [2.75, 3.05) is 0 Å². The Morgan fingerprint density at radius 2 is 0.540 bits per heavy atom. The summed E-state index contributed by atoms with van der Waals surface area (Å²) in [6, 6.07) is 5.81. The van der Waals surface area contributed by atoms with Gasteiger partial charge in [-0.15, -0.1) is 0 Å². The smallest absolute Gasteiger partial charge is 0.0133 e. The van der Waals surface area contributed by atoms with Crippen molar-refractivity contribution in [2.45, 2.75) is 242 Å². The van der Waals surface area contributed by atoms with Gasteiger partial charge < -0.3 is 0 Å². The lowest BCUT2D eigenvalue weighted by Gasteiger charge is -2.46. The topological polar surface area (TPSA) is 6.48 Å². The highest BCUT2D eigenvalue weighted by atomic mass is 15.3. The van der Waals surface area contributed by atoms with Crippen LogP contribution in [0.25, 0.3) is 0 Å². The summed E-state index contributed by atoms with van der Waals surface area (Å²) in [5.41, 5.74) is 0. The predicted octanol–water partition coefficient (Wildman–Crippen LogP) is 12.6. The highest BCUT2D eigenvalue weighted by molar-refractivity contribution is 5.10. The molecule has 8 aliphatic carbocycles. The van der Waals surface area contributed by atoms with Crippen LogP contribution in [0.4, 0.5) is 0 Å². The Morgan fingerprint density at radius 1 is 0.220 bits per heavy atom. The lowest BCUT2D eigenvalue weighted by molar-refractivity contribution is 0.0304. The van der Waals surface area contributed by atoms with Gasteiger partial charge in [0.25, 0.3) is 0 Å². The van der Waals surface area contributed by atoms with Gasteiger partial charge in [-0.1, -0.05) is 83.5 Å². The molecule has 0 radical (unpaired) electrons. The van der Waals surface area contributed by atoms with Crippen molar-refractivity contribution in [3.8, 4) is 0 Å². The second-order valence-electron chi connectivity index (χ2n) is 21.5. The zero-order chi connectivity index (χ0) is 33.0. The summed E-state index contributed by atoms with van der Waals surface area (Å²) in [7, 11) is 0. The zero-order valence-electron chi connectivity index (χ0n) is 32.8. The monoisotopic (exact) mass is 685 g/mol. The highest BCUT2D eigenvalue weighted by Gasteiger charge is 2.57. The van der Waals surface area contributed by atoms with E-state index in [4.69, 9.17) is 0 Å². The summed E-state index contributed by atoms with van der Waals surface area (Å²) in [5.74, 6) is 10.8. The van der Waals surface area contributed by atoms with E-state index in [2.05, 4.69) is 9.80 Å². The van der Waals surface area contributed by atoms with Crippen LogP contribution < -0.4 is 0 Å². The molecule has 8 saturated carbocycles. The van der Waals surface area contributed by atoms with Gasteiger partial charge in [0.15, 0.2) is 0 Å². The first-order chi connectivity index (χ1) is 24.8. The minimum Gasteiger partial charge on any atom is -0.294 e. The molecule has 0 bridgehead atoms. The molecule has 0 aromatic rings. The molecular formula is C48H80N2. The summed E-state index contributed by atoms with van der Waals surface area (Å²) in [6.45, 7) is 0. The van der Waals surface area contributed by atoms with Crippen LogP contribution in [0.1, 0.15) is 205 Å². The van der Waals surface area contributed by atoms with E-state index >= 15 is 0 Å². The minimum atomic E-state index is 0.952. The van der Waals surface area contributed by atoms with E-state index in [1.165, 1.54) is 77.0 Å². The first-order valence-electron chi connectivity index (χ1n) is 24.3. The van der Waals surface area contributed by atoms with Crippen LogP contribution in [0.3, 0.4) is 0 Å². The van der Waals surface area contributed by atoms with Gasteiger partial charge in [0.2, 0.25) is 0 Å². The van der Waals surface area contributed by atoms with Crippen LogP contribution in [0.2, 0.25) is 0 Å². The molecule has 2 heteroatoms. The standard InChI is InChI=1S/C48H80N2/c1-4-12-33(13-5-1)34-20-22-35(23-21-34)36-24-27-47-43(30-36)44-32-38(26-29-48(44)50(47)40-16-8-3-9-17-40)37-25-28-46-42(31-37)41-18-10-11-19-45(41)49(46)39-14-6-2-7-15-39/h33-48H,1-32H2. The molecule has 0 aromatic carbocycles. The molecule has 10 rings (SSSR count). The number of nitrogens with zero attached hydrogens (tertiary/aromatic N) is 2. The van der Waals surface area contributed by atoms with Gasteiger partial charge in [0.05, 0.1) is 0 Å². The third-order valence-corrected chi connectivity index (χ3v) is 19.6. The summed E-state index contributed by atoms with van der Waals surface area (Å²) < 4.78 is 0. The average molecular weight is 685 g/mol. The highest BCUT2D eigenvalue weighted by Crippen LogP contribution is 2.59. The zero-order valence-corrected chi connectivity index (χ0v) is 32.8. The van der Waals surface area contributed by atoms with Crippen molar-refractivity contribution in [3.05, 3.63) is 0 Å². The van der Waals surface area contributed by atoms with Gasteiger partial charge in [-0.05, 0) is 181 Å². The van der Waals surface area contributed by atoms with Crippen LogP contribution in [0, 0.1) is 59.2 Å². The van der Waals surface area contributed by atoms with Crippen molar-refractivity contribution < 1.29 is 0 Å². The molecule has 11 atom stereocenters. The van der Waals surface area contributed by atoms with Crippen molar-refractivity contribution >= 4 is 0 Å². The molecule has 0 amide bonds. The minimum absolute atomic E-state index is 0.952. The Balaban J connectivity index is 0.833. The van der Waals surface area contributed by atoms with E-state index in [9.17, 15) is 0 Å². The van der Waals surface area contributed by atoms with Gasteiger partial charge >= 0.3 is 0 Å². The molecule has 10 aliphatic rings. The van der Waals surface area contributed by atoms with Gasteiger partial charge in [-0.3, -0.25) is 9.80 Å².